The van der Waals surface area contributed by atoms with E-state index in [1.165, 1.54) is 7.11 Å². The molecule has 1 aromatic heterocycles. The van der Waals surface area contributed by atoms with Crippen LogP contribution in [0.2, 0.25) is 0 Å². The SMILES string of the molecule is COc1cc(NN/N=C(/N)NNc2ccncc2)cc(OC)c1OC. The molecular formula is C15H21N7O3. The molecule has 6 N–H and O–H groups in total. The van der Waals surface area contributed by atoms with Crippen LogP contribution in [-0.2, 0) is 0 Å². The summed E-state index contributed by atoms with van der Waals surface area (Å²) in [6.07, 6.45) is 3.31. The van der Waals surface area contributed by atoms with E-state index in [-0.39, 0.29) is 5.96 Å². The van der Waals surface area contributed by atoms with Gasteiger partial charge in [0, 0.05) is 24.5 Å². The van der Waals surface area contributed by atoms with Crippen LogP contribution in [0, 0.1) is 0 Å². The average Bonchev–Trinajstić information content (AvgIpc) is 2.66. The molecule has 0 saturated carbocycles. The number of hydrazine groups is 2. The highest BCUT2D eigenvalue weighted by Crippen LogP contribution is 2.39. The molecule has 134 valence electrons. The second-order valence-electron chi connectivity index (χ2n) is 4.63. The lowest BCUT2D eigenvalue weighted by molar-refractivity contribution is 0.324. The smallest absolute Gasteiger partial charge is 0.231 e. The summed E-state index contributed by atoms with van der Waals surface area (Å²) in [4.78, 5) is 3.92. The molecule has 0 aliphatic rings. The Morgan fingerprint density at radius 3 is 2.16 bits per heavy atom. The minimum atomic E-state index is 0.122. The van der Waals surface area contributed by atoms with Crippen molar-refractivity contribution in [1.29, 1.82) is 0 Å². The first-order valence-electron chi connectivity index (χ1n) is 7.24. The van der Waals surface area contributed by atoms with Crippen molar-refractivity contribution in [2.75, 3.05) is 32.2 Å². The maximum Gasteiger partial charge on any atom is 0.231 e. The quantitative estimate of drug-likeness (QED) is 0.268. The molecule has 0 amide bonds. The Hall–Kier alpha value is -3.56. The zero-order chi connectivity index (χ0) is 18.1. The molecule has 1 heterocycles. The fourth-order valence-corrected chi connectivity index (χ4v) is 1.91. The number of hydrogen-bond acceptors (Lipinski definition) is 8. The van der Waals surface area contributed by atoms with Crippen molar-refractivity contribution in [2.24, 2.45) is 10.8 Å². The van der Waals surface area contributed by atoms with Gasteiger partial charge < -0.3 is 19.9 Å². The van der Waals surface area contributed by atoms with Crippen molar-refractivity contribution >= 4 is 17.3 Å². The fraction of sp³-hybridized carbons (Fsp3) is 0.200. The van der Waals surface area contributed by atoms with Gasteiger partial charge in [0.2, 0.25) is 11.7 Å². The molecule has 0 spiro atoms. The van der Waals surface area contributed by atoms with Crippen LogP contribution in [-0.4, -0.2) is 32.3 Å². The monoisotopic (exact) mass is 347 g/mol. The van der Waals surface area contributed by atoms with Crippen LogP contribution in [0.25, 0.3) is 0 Å². The molecule has 2 rings (SSSR count). The molecule has 0 bridgehead atoms. The summed E-state index contributed by atoms with van der Waals surface area (Å²) in [6, 6.07) is 7.01. The first-order chi connectivity index (χ1) is 12.2. The lowest BCUT2D eigenvalue weighted by Gasteiger charge is -2.15. The number of nitrogens with zero attached hydrogens (tertiary/aromatic N) is 2. The van der Waals surface area contributed by atoms with Crippen molar-refractivity contribution in [3.63, 3.8) is 0 Å². The van der Waals surface area contributed by atoms with Gasteiger partial charge in [0.15, 0.2) is 11.5 Å². The Bertz CT molecular complexity index is 685. The number of rotatable bonds is 8. The number of benzene rings is 1. The van der Waals surface area contributed by atoms with Gasteiger partial charge in [0.05, 0.1) is 32.7 Å². The van der Waals surface area contributed by atoms with E-state index in [9.17, 15) is 0 Å². The van der Waals surface area contributed by atoms with E-state index >= 15 is 0 Å². The molecule has 0 aliphatic carbocycles. The molecule has 0 fully saturated rings. The first kappa shape index (κ1) is 17.8. The van der Waals surface area contributed by atoms with Crippen LogP contribution in [0.1, 0.15) is 0 Å². The topological polar surface area (TPSA) is 127 Å². The molecule has 10 heteroatoms. The number of anilines is 2. The molecule has 0 aliphatic heterocycles. The summed E-state index contributed by atoms with van der Waals surface area (Å²) < 4.78 is 15.8. The number of methoxy groups -OCH3 is 3. The summed E-state index contributed by atoms with van der Waals surface area (Å²) in [5.74, 6) is 1.65. The number of hydrogen-bond donors (Lipinski definition) is 5. The van der Waals surface area contributed by atoms with Gasteiger partial charge in [0.1, 0.15) is 0 Å². The van der Waals surface area contributed by atoms with E-state index in [1.54, 1.807) is 50.9 Å². The summed E-state index contributed by atoms with van der Waals surface area (Å²) in [5, 5.41) is 3.92. The molecule has 10 nitrogen and oxygen atoms in total. The fourth-order valence-electron chi connectivity index (χ4n) is 1.91. The number of nitrogens with two attached hydrogens (primary N) is 1. The Labute approximate surface area is 145 Å². The molecular weight excluding hydrogens is 326 g/mol. The largest absolute Gasteiger partial charge is 0.493 e. The second kappa shape index (κ2) is 8.91. The minimum Gasteiger partial charge on any atom is -0.493 e. The van der Waals surface area contributed by atoms with Crippen molar-refractivity contribution in [2.45, 2.75) is 0 Å². The lowest BCUT2D eigenvalue weighted by Crippen LogP contribution is -2.38. The summed E-state index contributed by atoms with van der Waals surface area (Å²) >= 11 is 0. The summed E-state index contributed by atoms with van der Waals surface area (Å²) in [5.41, 5.74) is 18.3. The summed E-state index contributed by atoms with van der Waals surface area (Å²) in [7, 11) is 4.62. The number of pyridine rings is 1. The van der Waals surface area contributed by atoms with Gasteiger partial charge in [-0.1, -0.05) is 0 Å². The predicted molar refractivity (Wildman–Crippen MR) is 95.5 cm³/mol. The third kappa shape index (κ3) is 4.96. The molecule has 1 aromatic carbocycles. The zero-order valence-electron chi connectivity index (χ0n) is 14.2. The highest BCUT2D eigenvalue weighted by atomic mass is 16.5. The zero-order valence-corrected chi connectivity index (χ0v) is 14.2. The third-order valence-corrected chi connectivity index (χ3v) is 3.06. The van der Waals surface area contributed by atoms with E-state index in [2.05, 4.69) is 31.9 Å². The number of guanidine groups is 1. The maximum atomic E-state index is 5.73. The van der Waals surface area contributed by atoms with Crippen molar-refractivity contribution < 1.29 is 14.2 Å². The Morgan fingerprint density at radius 2 is 1.60 bits per heavy atom. The highest BCUT2D eigenvalue weighted by Gasteiger charge is 2.12. The van der Waals surface area contributed by atoms with Crippen LogP contribution in [0.3, 0.4) is 0 Å². The molecule has 2 aromatic rings. The number of aromatic nitrogens is 1. The second-order valence-corrected chi connectivity index (χ2v) is 4.63. The molecule has 0 atom stereocenters. The lowest BCUT2D eigenvalue weighted by atomic mass is 10.2. The van der Waals surface area contributed by atoms with Crippen LogP contribution in [0.4, 0.5) is 11.4 Å². The predicted octanol–water partition coefficient (Wildman–Crippen LogP) is 0.870. The van der Waals surface area contributed by atoms with Gasteiger partial charge >= 0.3 is 0 Å². The Kier molecular flexibility index (Phi) is 6.34. The number of nitrogens with one attached hydrogen (secondary N) is 4. The van der Waals surface area contributed by atoms with E-state index < -0.39 is 0 Å². The maximum absolute atomic E-state index is 5.73. The van der Waals surface area contributed by atoms with E-state index in [4.69, 9.17) is 19.9 Å². The van der Waals surface area contributed by atoms with Gasteiger partial charge in [-0.2, -0.15) is 0 Å². The standard InChI is InChI=1S/C15H21N7O3/c1-23-12-8-11(9-13(24-2)14(12)25-3)19-22-21-15(16)20-18-10-4-6-17-7-5-10/h4-9,19,22H,1-3H3,(H,17,18)(H3,16,20,21). The highest BCUT2D eigenvalue weighted by molar-refractivity contribution is 5.79. The van der Waals surface area contributed by atoms with Crippen molar-refractivity contribution in [3.8, 4) is 17.2 Å². The molecule has 0 radical (unpaired) electrons. The van der Waals surface area contributed by atoms with Crippen LogP contribution >= 0.6 is 0 Å². The molecule has 0 unspecified atom stereocenters. The Morgan fingerprint density at radius 1 is 0.960 bits per heavy atom. The van der Waals surface area contributed by atoms with E-state index in [1.807, 2.05) is 0 Å². The average molecular weight is 347 g/mol. The normalized spacial score (nSPS) is 10.6. The van der Waals surface area contributed by atoms with Crippen LogP contribution < -0.4 is 41.8 Å². The van der Waals surface area contributed by atoms with E-state index in [0.717, 1.165) is 5.69 Å². The summed E-state index contributed by atoms with van der Waals surface area (Å²) in [6.45, 7) is 0. The number of ether oxygens (including phenoxy) is 3. The van der Waals surface area contributed by atoms with Gasteiger partial charge in [-0.05, 0) is 12.1 Å². The van der Waals surface area contributed by atoms with Crippen LogP contribution in [0.5, 0.6) is 17.2 Å². The Balaban J connectivity index is 1.94. The molecule has 25 heavy (non-hydrogen) atoms. The van der Waals surface area contributed by atoms with Crippen LogP contribution in [0.15, 0.2) is 41.8 Å². The van der Waals surface area contributed by atoms with E-state index in [0.29, 0.717) is 22.9 Å². The van der Waals surface area contributed by atoms with Gasteiger partial charge in [-0.25, -0.2) is 5.53 Å². The van der Waals surface area contributed by atoms with Gasteiger partial charge in [-0.15, -0.1) is 5.10 Å². The minimum absolute atomic E-state index is 0.122. The molecule has 0 saturated heterocycles. The van der Waals surface area contributed by atoms with Gasteiger partial charge in [0.25, 0.3) is 0 Å². The third-order valence-electron chi connectivity index (χ3n) is 3.06. The number of hydrazone groups is 1. The van der Waals surface area contributed by atoms with Crippen molar-refractivity contribution in [3.05, 3.63) is 36.7 Å². The van der Waals surface area contributed by atoms with Gasteiger partial charge in [-0.3, -0.25) is 21.3 Å². The first-order valence-corrected chi connectivity index (χ1v) is 7.24. The van der Waals surface area contributed by atoms with Crippen molar-refractivity contribution in [1.82, 2.24) is 15.9 Å².